The van der Waals surface area contributed by atoms with Gasteiger partial charge in [-0.2, -0.15) is 0 Å². The zero-order valence-corrected chi connectivity index (χ0v) is 17.9. The highest BCUT2D eigenvalue weighted by molar-refractivity contribution is 5.91. The van der Waals surface area contributed by atoms with Crippen LogP contribution in [0.4, 0.5) is 0 Å². The molecule has 160 valence electrons. The summed E-state index contributed by atoms with van der Waals surface area (Å²) >= 11 is 0. The lowest BCUT2D eigenvalue weighted by molar-refractivity contribution is -0.139. The summed E-state index contributed by atoms with van der Waals surface area (Å²) in [6.07, 6.45) is 8.26. The number of amides is 3. The van der Waals surface area contributed by atoms with Crippen LogP contribution in [0.5, 0.6) is 0 Å². The average molecular weight is 394 g/mol. The first-order valence-corrected chi connectivity index (χ1v) is 11.2. The van der Waals surface area contributed by atoms with Crippen LogP contribution in [-0.4, -0.2) is 41.8 Å². The van der Waals surface area contributed by atoms with E-state index < -0.39 is 23.8 Å². The minimum Gasteiger partial charge on any atom is -0.369 e. The van der Waals surface area contributed by atoms with Gasteiger partial charge in [-0.25, -0.2) is 0 Å². The van der Waals surface area contributed by atoms with Gasteiger partial charge in [0.2, 0.25) is 17.7 Å². The van der Waals surface area contributed by atoms with Crippen LogP contribution in [0.25, 0.3) is 0 Å². The van der Waals surface area contributed by atoms with Crippen molar-refractivity contribution in [1.29, 1.82) is 0 Å². The second-order valence-corrected chi connectivity index (χ2v) is 9.17. The van der Waals surface area contributed by atoms with Crippen molar-refractivity contribution in [2.24, 2.45) is 29.4 Å². The summed E-state index contributed by atoms with van der Waals surface area (Å²) < 4.78 is 0. The third-order valence-corrected chi connectivity index (χ3v) is 6.31. The predicted molar refractivity (Wildman–Crippen MR) is 110 cm³/mol. The molecule has 0 aromatic heterocycles. The summed E-state index contributed by atoms with van der Waals surface area (Å²) in [5.74, 6) is -0.596. The van der Waals surface area contributed by atoms with Crippen LogP contribution < -0.4 is 11.1 Å². The van der Waals surface area contributed by atoms with E-state index >= 15 is 0 Å². The number of nitrogens with zero attached hydrogens (tertiary/aromatic N) is 1. The zero-order valence-electron chi connectivity index (χ0n) is 17.9. The highest BCUT2D eigenvalue weighted by Gasteiger charge is 2.36. The molecule has 0 bridgehead atoms. The van der Waals surface area contributed by atoms with Gasteiger partial charge in [-0.15, -0.1) is 0 Å². The van der Waals surface area contributed by atoms with Crippen molar-refractivity contribution in [1.82, 2.24) is 10.2 Å². The molecular formula is C22H39N3O3. The Bertz CT molecular complexity index is 545. The maximum absolute atomic E-state index is 13.1. The molecule has 1 aliphatic heterocycles. The van der Waals surface area contributed by atoms with Gasteiger partial charge in [0.25, 0.3) is 0 Å². The quantitative estimate of drug-likeness (QED) is 0.598. The van der Waals surface area contributed by atoms with Crippen molar-refractivity contribution in [3.63, 3.8) is 0 Å². The molecule has 1 heterocycles. The van der Waals surface area contributed by atoms with Crippen molar-refractivity contribution < 1.29 is 14.4 Å². The maximum Gasteiger partial charge on any atom is 0.245 e. The number of carbonyl (C=O) groups is 3. The van der Waals surface area contributed by atoms with Crippen LogP contribution in [0.15, 0.2) is 0 Å². The molecule has 28 heavy (non-hydrogen) atoms. The second kappa shape index (κ2) is 10.8. The Morgan fingerprint density at radius 1 is 1.14 bits per heavy atom. The number of rotatable bonds is 10. The monoisotopic (exact) mass is 393 g/mol. The van der Waals surface area contributed by atoms with Gasteiger partial charge in [0.15, 0.2) is 0 Å². The normalized spacial score (nSPS) is 23.1. The molecule has 2 unspecified atom stereocenters. The Labute approximate surface area is 170 Å². The molecule has 0 spiro atoms. The molecule has 0 radical (unpaired) electrons. The first-order chi connectivity index (χ1) is 13.3. The van der Waals surface area contributed by atoms with Crippen LogP contribution >= 0.6 is 0 Å². The van der Waals surface area contributed by atoms with Gasteiger partial charge in [0.1, 0.15) is 6.04 Å². The van der Waals surface area contributed by atoms with E-state index in [4.69, 9.17) is 5.73 Å². The van der Waals surface area contributed by atoms with E-state index in [0.717, 1.165) is 32.4 Å². The van der Waals surface area contributed by atoms with Gasteiger partial charge in [-0.05, 0) is 56.8 Å². The first-order valence-electron chi connectivity index (χ1n) is 11.2. The van der Waals surface area contributed by atoms with Crippen molar-refractivity contribution in [3.8, 4) is 0 Å². The molecule has 6 heteroatoms. The van der Waals surface area contributed by atoms with Gasteiger partial charge in [-0.1, -0.05) is 33.6 Å². The number of hydrogen-bond acceptors (Lipinski definition) is 3. The molecule has 3 atom stereocenters. The smallest absolute Gasteiger partial charge is 0.245 e. The van der Waals surface area contributed by atoms with Crippen molar-refractivity contribution >= 4 is 17.7 Å². The van der Waals surface area contributed by atoms with Gasteiger partial charge in [0.05, 0.1) is 0 Å². The minimum atomic E-state index is -0.473. The average Bonchev–Trinajstić information content (AvgIpc) is 2.76. The van der Waals surface area contributed by atoms with E-state index in [9.17, 15) is 14.4 Å². The molecule has 1 saturated heterocycles. The number of nitrogens with one attached hydrogen (secondary N) is 1. The Hall–Kier alpha value is -1.59. The summed E-state index contributed by atoms with van der Waals surface area (Å²) in [5.41, 5.74) is 5.63. The fourth-order valence-corrected chi connectivity index (χ4v) is 4.50. The Morgan fingerprint density at radius 2 is 1.86 bits per heavy atom. The standard InChI is InChI=1S/C22H39N3O3/c1-4-8-17(20(23)26)18(13-15(2)3)21(27)24-19-11-5-6-12-25(22(19)28)14-16-9-7-10-16/h15-19H,4-14H2,1-3H3,(H2,23,26)(H,24,27)/t17?,18?,19-/m0/s1. The summed E-state index contributed by atoms with van der Waals surface area (Å²) in [6, 6.07) is -0.472. The first kappa shape index (κ1) is 22.7. The molecule has 2 fully saturated rings. The lowest BCUT2D eigenvalue weighted by atomic mass is 9.81. The van der Waals surface area contributed by atoms with Crippen LogP contribution in [0.3, 0.4) is 0 Å². The molecular weight excluding hydrogens is 354 g/mol. The van der Waals surface area contributed by atoms with E-state index in [1.54, 1.807) is 0 Å². The summed E-state index contributed by atoms with van der Waals surface area (Å²) in [7, 11) is 0. The number of nitrogens with two attached hydrogens (primary N) is 1. The van der Waals surface area contributed by atoms with Crippen molar-refractivity contribution in [2.45, 2.75) is 84.6 Å². The van der Waals surface area contributed by atoms with E-state index in [0.29, 0.717) is 25.2 Å². The SMILES string of the molecule is CCCC(C(N)=O)C(CC(C)C)C(=O)N[C@H]1CCCCN(CC2CCC2)C1=O. The molecule has 0 aromatic carbocycles. The Morgan fingerprint density at radius 3 is 2.39 bits per heavy atom. The van der Waals surface area contributed by atoms with Crippen molar-refractivity contribution in [2.75, 3.05) is 13.1 Å². The molecule has 1 aliphatic carbocycles. The van der Waals surface area contributed by atoms with Gasteiger partial charge < -0.3 is 16.0 Å². The third-order valence-electron chi connectivity index (χ3n) is 6.31. The summed E-state index contributed by atoms with van der Waals surface area (Å²) in [5, 5.41) is 3.01. The molecule has 3 N–H and O–H groups in total. The van der Waals surface area contributed by atoms with Crippen LogP contribution in [0.1, 0.15) is 78.6 Å². The zero-order chi connectivity index (χ0) is 20.7. The van der Waals surface area contributed by atoms with Gasteiger partial charge >= 0.3 is 0 Å². The Balaban J connectivity index is 2.08. The molecule has 3 amide bonds. The fraction of sp³-hybridized carbons (Fsp3) is 0.864. The Kier molecular flexibility index (Phi) is 8.77. The summed E-state index contributed by atoms with van der Waals surface area (Å²) in [4.78, 5) is 40.1. The van der Waals surface area contributed by atoms with Crippen LogP contribution in [-0.2, 0) is 14.4 Å². The topological polar surface area (TPSA) is 92.5 Å². The number of primary amides is 1. The molecule has 1 saturated carbocycles. The van der Waals surface area contributed by atoms with E-state index in [1.165, 1.54) is 19.3 Å². The summed E-state index contributed by atoms with van der Waals surface area (Å²) in [6.45, 7) is 7.69. The minimum absolute atomic E-state index is 0.0483. The third kappa shape index (κ3) is 6.21. The van der Waals surface area contributed by atoms with Gasteiger partial charge in [0, 0.05) is 24.9 Å². The molecule has 2 aliphatic rings. The largest absolute Gasteiger partial charge is 0.369 e. The lowest BCUT2D eigenvalue weighted by Crippen LogP contribution is -2.52. The molecule has 2 rings (SSSR count). The van der Waals surface area contributed by atoms with Crippen molar-refractivity contribution in [3.05, 3.63) is 0 Å². The van der Waals surface area contributed by atoms with Crippen LogP contribution in [0, 0.1) is 23.7 Å². The lowest BCUT2D eigenvalue weighted by Gasteiger charge is -2.33. The van der Waals surface area contributed by atoms with E-state index in [-0.39, 0.29) is 17.7 Å². The van der Waals surface area contributed by atoms with E-state index in [2.05, 4.69) is 5.32 Å². The second-order valence-electron chi connectivity index (χ2n) is 9.17. The van der Waals surface area contributed by atoms with Gasteiger partial charge in [-0.3, -0.25) is 14.4 Å². The molecule has 6 nitrogen and oxygen atoms in total. The maximum atomic E-state index is 13.1. The number of likely N-dealkylation sites (tertiary alicyclic amines) is 1. The van der Waals surface area contributed by atoms with E-state index in [1.807, 2.05) is 25.7 Å². The highest BCUT2D eigenvalue weighted by atomic mass is 16.2. The number of hydrogen-bond donors (Lipinski definition) is 2. The molecule has 0 aromatic rings. The fourth-order valence-electron chi connectivity index (χ4n) is 4.50. The van der Waals surface area contributed by atoms with Crippen LogP contribution in [0.2, 0.25) is 0 Å². The predicted octanol–water partition coefficient (Wildman–Crippen LogP) is 2.85. The highest BCUT2D eigenvalue weighted by Crippen LogP contribution is 2.29. The number of carbonyl (C=O) groups excluding carboxylic acids is 3.